The topological polar surface area (TPSA) is 33.1 Å². The maximum absolute atomic E-state index is 4.32. The Balaban J connectivity index is 2.87. The van der Waals surface area contributed by atoms with E-state index in [2.05, 4.69) is 54.4 Å². The highest BCUT2D eigenvalue weighted by molar-refractivity contribution is 5.12. The lowest BCUT2D eigenvalue weighted by molar-refractivity contribution is 0.253. The molecule has 0 aliphatic rings. The van der Waals surface area contributed by atoms with Crippen molar-refractivity contribution in [3.05, 3.63) is 18.2 Å². The molecule has 4 nitrogen and oxygen atoms in total. The predicted molar refractivity (Wildman–Crippen MR) is 76.8 cm³/mol. The fourth-order valence-electron chi connectivity index (χ4n) is 2.21. The average Bonchev–Trinajstić information content (AvgIpc) is 2.85. The van der Waals surface area contributed by atoms with Crippen molar-refractivity contribution >= 4 is 0 Å². The van der Waals surface area contributed by atoms with E-state index in [1.54, 1.807) is 0 Å². The van der Waals surface area contributed by atoms with Crippen LogP contribution in [-0.4, -0.2) is 41.1 Å². The van der Waals surface area contributed by atoms with E-state index in [1.165, 1.54) is 5.69 Å². The van der Waals surface area contributed by atoms with E-state index in [-0.39, 0.29) is 5.54 Å². The van der Waals surface area contributed by atoms with Gasteiger partial charge in [-0.3, -0.25) is 0 Å². The lowest BCUT2D eigenvalue weighted by atomic mass is 10.0. The van der Waals surface area contributed by atoms with Crippen LogP contribution < -0.4 is 5.32 Å². The summed E-state index contributed by atoms with van der Waals surface area (Å²) < 4.78 is 2.29. The smallest absolute Gasteiger partial charge is 0.0951 e. The van der Waals surface area contributed by atoms with E-state index < -0.39 is 0 Å². The van der Waals surface area contributed by atoms with Crippen molar-refractivity contribution in [2.45, 2.75) is 46.2 Å². The predicted octanol–water partition coefficient (Wildman–Crippen LogP) is 2.24. The van der Waals surface area contributed by atoms with Gasteiger partial charge in [-0.2, -0.15) is 0 Å². The number of nitrogens with zero attached hydrogens (tertiary/aromatic N) is 3. The summed E-state index contributed by atoms with van der Waals surface area (Å²) in [5.74, 6) is 0. The second-order valence-corrected chi connectivity index (χ2v) is 5.40. The lowest BCUT2D eigenvalue weighted by Crippen LogP contribution is -2.37. The molecule has 18 heavy (non-hydrogen) atoms. The summed E-state index contributed by atoms with van der Waals surface area (Å²) in [4.78, 5) is 6.77. The van der Waals surface area contributed by atoms with E-state index in [0.717, 1.165) is 19.6 Å². The Kier molecular flexibility index (Phi) is 5.35. The number of hydrogen-bond donors (Lipinski definition) is 1. The van der Waals surface area contributed by atoms with Gasteiger partial charge < -0.3 is 14.8 Å². The molecule has 0 amide bonds. The molecule has 1 atom stereocenters. The van der Waals surface area contributed by atoms with Gasteiger partial charge in [-0.05, 0) is 40.9 Å². The minimum atomic E-state index is -0.0476. The highest BCUT2D eigenvalue weighted by atomic mass is 15.2. The molecule has 0 aliphatic carbocycles. The van der Waals surface area contributed by atoms with Crippen molar-refractivity contribution in [3.63, 3.8) is 0 Å². The third-order valence-electron chi connectivity index (χ3n) is 3.82. The number of hydrogen-bond acceptors (Lipinski definition) is 3. The van der Waals surface area contributed by atoms with Crippen LogP contribution in [0, 0.1) is 0 Å². The maximum atomic E-state index is 4.32. The number of nitrogens with one attached hydrogen (secondary N) is 1. The number of imidazole rings is 1. The van der Waals surface area contributed by atoms with Gasteiger partial charge in [0.05, 0.1) is 23.8 Å². The van der Waals surface area contributed by atoms with Crippen LogP contribution in [0.4, 0.5) is 0 Å². The van der Waals surface area contributed by atoms with Crippen molar-refractivity contribution in [2.24, 2.45) is 0 Å². The number of rotatable bonds is 7. The fraction of sp³-hybridized carbons (Fsp3) is 0.786. The summed E-state index contributed by atoms with van der Waals surface area (Å²) in [5.41, 5.74) is 1.19. The van der Waals surface area contributed by atoms with E-state index in [0.29, 0.717) is 6.04 Å². The molecule has 0 aromatic carbocycles. The quantitative estimate of drug-likeness (QED) is 0.808. The Morgan fingerprint density at radius 2 is 2.00 bits per heavy atom. The van der Waals surface area contributed by atoms with Gasteiger partial charge in [0.15, 0.2) is 0 Å². The molecule has 0 spiro atoms. The van der Waals surface area contributed by atoms with Gasteiger partial charge in [0, 0.05) is 12.6 Å². The summed E-state index contributed by atoms with van der Waals surface area (Å²) in [6.45, 7) is 14.3. The zero-order chi connectivity index (χ0) is 13.8. The largest absolute Gasteiger partial charge is 0.329 e. The van der Waals surface area contributed by atoms with Gasteiger partial charge in [0.25, 0.3) is 0 Å². The van der Waals surface area contributed by atoms with E-state index in [9.17, 15) is 0 Å². The highest BCUT2D eigenvalue weighted by Gasteiger charge is 2.24. The Morgan fingerprint density at radius 3 is 2.50 bits per heavy atom. The second kappa shape index (κ2) is 6.34. The van der Waals surface area contributed by atoms with Crippen LogP contribution in [0.1, 0.15) is 46.4 Å². The Bertz CT molecular complexity index is 352. The Hall–Kier alpha value is -0.870. The molecule has 1 heterocycles. The molecule has 0 saturated heterocycles. The lowest BCUT2D eigenvalue weighted by Gasteiger charge is -2.30. The molecule has 1 aromatic heterocycles. The van der Waals surface area contributed by atoms with Crippen molar-refractivity contribution in [1.82, 2.24) is 19.8 Å². The van der Waals surface area contributed by atoms with Gasteiger partial charge in [0.2, 0.25) is 0 Å². The standard InChI is InChI=1S/C14H28N4/c1-7-17(8-2)10-12(3)18-11-16-9-13(18)14(4,5)15-6/h9,11-12,15H,7-8,10H2,1-6H3. The molecule has 1 unspecified atom stereocenters. The van der Waals surface area contributed by atoms with Crippen LogP contribution in [-0.2, 0) is 5.54 Å². The molecule has 1 rings (SSSR count). The fourth-order valence-corrected chi connectivity index (χ4v) is 2.21. The van der Waals surface area contributed by atoms with Gasteiger partial charge in [0.1, 0.15) is 0 Å². The molecule has 0 radical (unpaired) electrons. The molecule has 104 valence electrons. The monoisotopic (exact) mass is 252 g/mol. The van der Waals surface area contributed by atoms with Gasteiger partial charge in [-0.15, -0.1) is 0 Å². The van der Waals surface area contributed by atoms with Gasteiger partial charge in [-0.1, -0.05) is 13.8 Å². The van der Waals surface area contributed by atoms with Crippen LogP contribution in [0.5, 0.6) is 0 Å². The molecule has 1 N–H and O–H groups in total. The minimum Gasteiger partial charge on any atom is -0.329 e. The summed E-state index contributed by atoms with van der Waals surface area (Å²) in [7, 11) is 1.99. The van der Waals surface area contributed by atoms with Crippen LogP contribution in [0.25, 0.3) is 0 Å². The Labute approximate surface area is 111 Å². The third-order valence-corrected chi connectivity index (χ3v) is 3.82. The van der Waals surface area contributed by atoms with Crippen molar-refractivity contribution in [2.75, 3.05) is 26.7 Å². The second-order valence-electron chi connectivity index (χ2n) is 5.40. The van der Waals surface area contributed by atoms with Crippen molar-refractivity contribution in [1.29, 1.82) is 0 Å². The van der Waals surface area contributed by atoms with E-state index in [4.69, 9.17) is 0 Å². The summed E-state index contributed by atoms with van der Waals surface area (Å²) in [6.07, 6.45) is 3.91. The number of likely N-dealkylation sites (N-methyl/N-ethyl adjacent to an activating group) is 1. The number of aromatic nitrogens is 2. The molecule has 0 fully saturated rings. The minimum absolute atomic E-state index is 0.0476. The molecular weight excluding hydrogens is 224 g/mol. The first-order valence-corrected chi connectivity index (χ1v) is 6.89. The SMILES string of the molecule is CCN(CC)CC(C)n1cncc1C(C)(C)NC. The average molecular weight is 252 g/mol. The first-order valence-electron chi connectivity index (χ1n) is 6.89. The zero-order valence-corrected chi connectivity index (χ0v) is 12.7. The van der Waals surface area contributed by atoms with Crippen LogP contribution in [0.3, 0.4) is 0 Å². The first kappa shape index (κ1) is 15.2. The molecule has 4 heteroatoms. The maximum Gasteiger partial charge on any atom is 0.0951 e. The van der Waals surface area contributed by atoms with E-state index in [1.807, 2.05) is 19.6 Å². The third kappa shape index (κ3) is 3.33. The van der Waals surface area contributed by atoms with Crippen LogP contribution in [0.15, 0.2) is 12.5 Å². The van der Waals surface area contributed by atoms with Crippen molar-refractivity contribution < 1.29 is 0 Å². The van der Waals surface area contributed by atoms with E-state index >= 15 is 0 Å². The molecule has 0 bridgehead atoms. The highest BCUT2D eigenvalue weighted by Crippen LogP contribution is 2.22. The van der Waals surface area contributed by atoms with Gasteiger partial charge >= 0.3 is 0 Å². The Morgan fingerprint density at radius 1 is 1.39 bits per heavy atom. The van der Waals surface area contributed by atoms with Gasteiger partial charge in [-0.25, -0.2) is 4.98 Å². The summed E-state index contributed by atoms with van der Waals surface area (Å²) >= 11 is 0. The summed E-state index contributed by atoms with van der Waals surface area (Å²) in [5, 5.41) is 3.35. The molecular formula is C14H28N4. The summed E-state index contributed by atoms with van der Waals surface area (Å²) in [6, 6.07) is 0.440. The van der Waals surface area contributed by atoms with Crippen molar-refractivity contribution in [3.8, 4) is 0 Å². The zero-order valence-electron chi connectivity index (χ0n) is 12.7. The van der Waals surface area contributed by atoms with Crippen LogP contribution >= 0.6 is 0 Å². The molecule has 0 aliphatic heterocycles. The van der Waals surface area contributed by atoms with Crippen LogP contribution in [0.2, 0.25) is 0 Å². The molecule has 0 saturated carbocycles. The first-order chi connectivity index (χ1) is 8.46. The molecule has 1 aromatic rings. The normalized spacial score (nSPS) is 14.2.